The van der Waals surface area contributed by atoms with Gasteiger partial charge >= 0.3 is 0 Å². The first-order valence-electron chi connectivity index (χ1n) is 7.18. The lowest BCUT2D eigenvalue weighted by Crippen LogP contribution is -2.38. The maximum absolute atomic E-state index is 4.85. The van der Waals surface area contributed by atoms with Crippen LogP contribution in [-0.4, -0.2) is 29.0 Å². The van der Waals surface area contributed by atoms with E-state index >= 15 is 0 Å². The number of anilines is 1. The molecule has 1 fully saturated rings. The number of aromatic nitrogens is 2. The first-order valence-corrected chi connectivity index (χ1v) is 7.18. The van der Waals surface area contributed by atoms with E-state index in [1.165, 1.54) is 25.0 Å². The zero-order chi connectivity index (χ0) is 13.2. The maximum atomic E-state index is 4.85. The second kappa shape index (κ2) is 5.21. The molecule has 4 nitrogen and oxygen atoms in total. The van der Waals surface area contributed by atoms with Crippen molar-refractivity contribution in [1.82, 2.24) is 14.7 Å². The van der Waals surface area contributed by atoms with Crippen LogP contribution in [0.2, 0.25) is 0 Å². The minimum atomic E-state index is 0.592. The third-order valence-corrected chi connectivity index (χ3v) is 4.03. The van der Waals surface area contributed by atoms with Crippen LogP contribution in [-0.2, 0) is 6.54 Å². The van der Waals surface area contributed by atoms with Crippen LogP contribution in [0, 0.1) is 0 Å². The van der Waals surface area contributed by atoms with Gasteiger partial charge in [-0.2, -0.15) is 0 Å². The number of hydrogen-bond donors (Lipinski definition) is 1. The second-order valence-corrected chi connectivity index (χ2v) is 5.38. The summed E-state index contributed by atoms with van der Waals surface area (Å²) in [7, 11) is 1.99. The highest BCUT2D eigenvalue weighted by atomic mass is 15.3. The summed E-state index contributed by atoms with van der Waals surface area (Å²) in [6.07, 6.45) is 5.99. The van der Waals surface area contributed by atoms with Crippen LogP contribution in [0.25, 0.3) is 5.65 Å². The Labute approximate surface area is 114 Å². The average Bonchev–Trinajstić information content (AvgIpc) is 2.79. The third-order valence-electron chi connectivity index (χ3n) is 4.03. The normalized spacial score (nSPS) is 20.1. The molecule has 19 heavy (non-hydrogen) atoms. The number of pyridine rings is 1. The van der Waals surface area contributed by atoms with Crippen LogP contribution >= 0.6 is 0 Å². The molecule has 1 aliphatic heterocycles. The highest BCUT2D eigenvalue weighted by Gasteiger charge is 2.24. The van der Waals surface area contributed by atoms with Gasteiger partial charge in [-0.25, -0.2) is 4.98 Å². The van der Waals surface area contributed by atoms with Crippen molar-refractivity contribution >= 4 is 11.5 Å². The Balaban J connectivity index is 2.08. The summed E-state index contributed by atoms with van der Waals surface area (Å²) >= 11 is 0. The van der Waals surface area contributed by atoms with Gasteiger partial charge < -0.3 is 14.6 Å². The van der Waals surface area contributed by atoms with E-state index in [9.17, 15) is 0 Å². The van der Waals surface area contributed by atoms with Gasteiger partial charge in [0.25, 0.3) is 0 Å². The van der Waals surface area contributed by atoms with E-state index in [0.29, 0.717) is 6.04 Å². The molecule has 0 saturated carbocycles. The van der Waals surface area contributed by atoms with E-state index in [2.05, 4.69) is 45.9 Å². The highest BCUT2D eigenvalue weighted by Crippen LogP contribution is 2.28. The average molecular weight is 258 g/mol. The fourth-order valence-electron chi connectivity index (χ4n) is 3.01. The van der Waals surface area contributed by atoms with Gasteiger partial charge in [0.2, 0.25) is 0 Å². The SMILES string of the molecule is CNCc1c(N2CCCCC2C)nc2ccccn12. The third kappa shape index (κ3) is 2.21. The molecule has 2 aromatic heterocycles. The summed E-state index contributed by atoms with van der Waals surface area (Å²) in [5, 5.41) is 3.27. The summed E-state index contributed by atoms with van der Waals surface area (Å²) in [5.41, 5.74) is 2.31. The lowest BCUT2D eigenvalue weighted by atomic mass is 10.0. The van der Waals surface area contributed by atoms with E-state index in [-0.39, 0.29) is 0 Å². The van der Waals surface area contributed by atoms with Gasteiger partial charge in [0.15, 0.2) is 5.82 Å². The van der Waals surface area contributed by atoms with Crippen molar-refractivity contribution in [2.75, 3.05) is 18.5 Å². The van der Waals surface area contributed by atoms with Gasteiger partial charge in [0, 0.05) is 25.3 Å². The standard InChI is InChI=1S/C15H22N4/c1-12-7-3-5-9-18(12)15-13(11-16-2)19-10-6-4-8-14(19)17-15/h4,6,8,10,12,16H,3,5,7,9,11H2,1-2H3. The summed E-state index contributed by atoms with van der Waals surface area (Å²) in [4.78, 5) is 7.33. The van der Waals surface area contributed by atoms with Crippen LogP contribution in [0.5, 0.6) is 0 Å². The molecule has 4 heteroatoms. The zero-order valence-electron chi connectivity index (χ0n) is 11.8. The molecule has 0 aromatic carbocycles. The minimum absolute atomic E-state index is 0.592. The molecule has 1 N–H and O–H groups in total. The Morgan fingerprint density at radius 3 is 3.05 bits per heavy atom. The number of piperidine rings is 1. The van der Waals surface area contributed by atoms with Crippen LogP contribution in [0.3, 0.4) is 0 Å². The summed E-state index contributed by atoms with van der Waals surface area (Å²) in [6.45, 7) is 4.29. The Kier molecular flexibility index (Phi) is 3.42. The van der Waals surface area contributed by atoms with Gasteiger partial charge in [-0.15, -0.1) is 0 Å². The summed E-state index contributed by atoms with van der Waals surface area (Å²) in [6, 6.07) is 6.79. The number of imidazole rings is 1. The topological polar surface area (TPSA) is 32.6 Å². The van der Waals surface area contributed by atoms with Crippen LogP contribution < -0.4 is 10.2 Å². The van der Waals surface area contributed by atoms with Gasteiger partial charge in [0.1, 0.15) is 5.65 Å². The first-order chi connectivity index (χ1) is 9.31. The van der Waals surface area contributed by atoms with Crippen molar-refractivity contribution in [2.24, 2.45) is 0 Å². The number of rotatable bonds is 3. The minimum Gasteiger partial charge on any atom is -0.352 e. The Morgan fingerprint density at radius 1 is 1.37 bits per heavy atom. The number of nitrogens with zero attached hydrogens (tertiary/aromatic N) is 3. The molecule has 102 valence electrons. The first kappa shape index (κ1) is 12.5. The lowest BCUT2D eigenvalue weighted by Gasteiger charge is -2.34. The van der Waals surface area contributed by atoms with Crippen LogP contribution in [0.4, 0.5) is 5.82 Å². The van der Waals surface area contributed by atoms with E-state index in [1.54, 1.807) is 0 Å². The van der Waals surface area contributed by atoms with Crippen molar-refractivity contribution < 1.29 is 0 Å². The van der Waals surface area contributed by atoms with Crippen molar-refractivity contribution in [2.45, 2.75) is 38.8 Å². The quantitative estimate of drug-likeness (QED) is 0.918. The van der Waals surface area contributed by atoms with Gasteiger partial charge in [-0.1, -0.05) is 6.07 Å². The molecule has 0 radical (unpaired) electrons. The van der Waals surface area contributed by atoms with Crippen molar-refractivity contribution in [3.8, 4) is 0 Å². The van der Waals surface area contributed by atoms with Crippen molar-refractivity contribution in [1.29, 1.82) is 0 Å². The molecule has 0 aliphatic carbocycles. The monoisotopic (exact) mass is 258 g/mol. The van der Waals surface area contributed by atoms with Crippen LogP contribution in [0.15, 0.2) is 24.4 Å². The number of fused-ring (bicyclic) bond motifs is 1. The highest BCUT2D eigenvalue weighted by molar-refractivity contribution is 5.56. The van der Waals surface area contributed by atoms with E-state index in [0.717, 1.165) is 24.6 Å². The molecule has 1 aliphatic rings. The van der Waals surface area contributed by atoms with Gasteiger partial charge in [-0.05, 0) is 45.4 Å². The predicted octanol–water partition coefficient (Wildman–Crippen LogP) is 2.43. The molecule has 2 aromatic rings. The molecule has 1 saturated heterocycles. The maximum Gasteiger partial charge on any atom is 0.152 e. The van der Waals surface area contributed by atoms with Gasteiger partial charge in [0.05, 0.1) is 5.69 Å². The van der Waals surface area contributed by atoms with E-state index in [1.807, 2.05) is 7.05 Å². The fraction of sp³-hybridized carbons (Fsp3) is 0.533. The molecule has 3 rings (SSSR count). The number of nitrogens with one attached hydrogen (secondary N) is 1. The molecule has 0 bridgehead atoms. The lowest BCUT2D eigenvalue weighted by molar-refractivity contribution is 0.480. The summed E-state index contributed by atoms with van der Waals surface area (Å²) in [5.74, 6) is 1.16. The van der Waals surface area contributed by atoms with Crippen molar-refractivity contribution in [3.63, 3.8) is 0 Å². The van der Waals surface area contributed by atoms with Gasteiger partial charge in [-0.3, -0.25) is 0 Å². The molecular weight excluding hydrogens is 236 g/mol. The molecule has 3 heterocycles. The smallest absolute Gasteiger partial charge is 0.152 e. The zero-order valence-corrected chi connectivity index (χ0v) is 11.8. The fourth-order valence-corrected chi connectivity index (χ4v) is 3.01. The molecule has 0 amide bonds. The molecule has 1 atom stereocenters. The largest absolute Gasteiger partial charge is 0.352 e. The molecule has 0 spiro atoms. The van der Waals surface area contributed by atoms with E-state index < -0.39 is 0 Å². The Morgan fingerprint density at radius 2 is 2.26 bits per heavy atom. The number of hydrogen-bond acceptors (Lipinski definition) is 3. The second-order valence-electron chi connectivity index (χ2n) is 5.38. The van der Waals surface area contributed by atoms with E-state index in [4.69, 9.17) is 4.98 Å². The Hall–Kier alpha value is -1.55. The molecule has 1 unspecified atom stereocenters. The molecular formula is C15H22N4. The summed E-state index contributed by atoms with van der Waals surface area (Å²) < 4.78 is 2.20. The predicted molar refractivity (Wildman–Crippen MR) is 78.6 cm³/mol. The van der Waals surface area contributed by atoms with Crippen LogP contribution in [0.1, 0.15) is 31.9 Å². The Bertz CT molecular complexity index is 560. The van der Waals surface area contributed by atoms with Crippen molar-refractivity contribution in [3.05, 3.63) is 30.1 Å².